The number of fused-ring (bicyclic) bond motifs is 1. The first kappa shape index (κ1) is 21.0. The highest BCUT2D eigenvalue weighted by Gasteiger charge is 2.23. The summed E-state index contributed by atoms with van der Waals surface area (Å²) in [5.74, 6) is -0.384. The van der Waals surface area contributed by atoms with Crippen molar-refractivity contribution in [2.45, 2.75) is 44.6 Å². The molecule has 5 nitrogen and oxygen atoms in total. The maximum Gasteiger partial charge on any atom is 0.242 e. The van der Waals surface area contributed by atoms with Gasteiger partial charge < -0.3 is 5.32 Å². The average Bonchev–Trinajstić information content (AvgIpc) is 2.73. The Morgan fingerprint density at radius 2 is 1.52 bits per heavy atom. The molecule has 0 saturated heterocycles. The van der Waals surface area contributed by atoms with Gasteiger partial charge in [0, 0.05) is 5.69 Å². The molecule has 6 heteroatoms. The number of hydrogen-bond donors (Lipinski definition) is 2. The van der Waals surface area contributed by atoms with Crippen molar-refractivity contribution in [1.29, 1.82) is 0 Å². The van der Waals surface area contributed by atoms with Crippen LogP contribution in [0, 0.1) is 0 Å². The fourth-order valence-corrected chi connectivity index (χ4v) is 4.56. The first-order valence-corrected chi connectivity index (χ1v) is 11.3. The van der Waals surface area contributed by atoms with Gasteiger partial charge in [0.25, 0.3) is 0 Å². The Morgan fingerprint density at radius 1 is 0.897 bits per heavy atom. The maximum atomic E-state index is 12.8. The molecule has 152 valence electrons. The molecule has 3 aromatic carbocycles. The molecule has 0 spiro atoms. The van der Waals surface area contributed by atoms with Crippen molar-refractivity contribution in [3.63, 3.8) is 0 Å². The second-order valence-electron chi connectivity index (χ2n) is 7.00. The predicted octanol–water partition coefficient (Wildman–Crippen LogP) is 4.27. The number of amides is 1. The third-order valence-electron chi connectivity index (χ3n) is 5.00. The number of anilines is 1. The lowest BCUT2D eigenvalue weighted by Gasteiger charge is -2.18. The standard InChI is InChI=1S/C23H26N2O3S/c1-4-17-11-8-12-18(5-2)22(17)24-23(26)16(3)25-29(27,28)21-14-13-19-9-6-7-10-20(19)15-21/h6-16,25H,4-5H2,1-3H3,(H,24,26). The van der Waals surface area contributed by atoms with Crippen LogP contribution >= 0.6 is 0 Å². The predicted molar refractivity (Wildman–Crippen MR) is 118 cm³/mol. The zero-order valence-corrected chi connectivity index (χ0v) is 17.7. The summed E-state index contributed by atoms with van der Waals surface area (Å²) in [5.41, 5.74) is 2.84. The number of para-hydroxylation sites is 1. The van der Waals surface area contributed by atoms with E-state index in [1.165, 1.54) is 0 Å². The van der Waals surface area contributed by atoms with Crippen molar-refractivity contribution >= 4 is 32.4 Å². The molecule has 0 aliphatic rings. The van der Waals surface area contributed by atoms with Crippen molar-refractivity contribution in [2.75, 3.05) is 5.32 Å². The zero-order chi connectivity index (χ0) is 21.0. The molecule has 3 aromatic rings. The Labute approximate surface area is 172 Å². The van der Waals surface area contributed by atoms with Crippen LogP contribution < -0.4 is 10.0 Å². The first-order valence-electron chi connectivity index (χ1n) is 9.78. The van der Waals surface area contributed by atoms with Crippen LogP contribution in [0.3, 0.4) is 0 Å². The molecule has 0 aliphatic heterocycles. The van der Waals surface area contributed by atoms with E-state index >= 15 is 0 Å². The van der Waals surface area contributed by atoms with Crippen LogP contribution in [-0.2, 0) is 27.7 Å². The molecule has 1 unspecified atom stereocenters. The van der Waals surface area contributed by atoms with Crippen molar-refractivity contribution in [2.24, 2.45) is 0 Å². The summed E-state index contributed by atoms with van der Waals surface area (Å²) in [7, 11) is -3.83. The van der Waals surface area contributed by atoms with E-state index in [-0.39, 0.29) is 10.8 Å². The smallest absolute Gasteiger partial charge is 0.242 e. The van der Waals surface area contributed by atoms with Crippen LogP contribution in [-0.4, -0.2) is 20.4 Å². The summed E-state index contributed by atoms with van der Waals surface area (Å²) in [6, 6.07) is 17.5. The molecule has 0 fully saturated rings. The SMILES string of the molecule is CCc1cccc(CC)c1NC(=O)C(C)NS(=O)(=O)c1ccc2ccccc2c1. The number of carbonyl (C=O) groups is 1. The molecule has 2 N–H and O–H groups in total. The molecule has 29 heavy (non-hydrogen) atoms. The van der Waals surface area contributed by atoms with E-state index in [0.717, 1.165) is 40.4 Å². The number of hydrogen-bond acceptors (Lipinski definition) is 3. The van der Waals surface area contributed by atoms with Crippen LogP contribution in [0.2, 0.25) is 0 Å². The second kappa shape index (κ2) is 8.76. The molecular weight excluding hydrogens is 384 g/mol. The van der Waals surface area contributed by atoms with Gasteiger partial charge in [0.15, 0.2) is 0 Å². The quantitative estimate of drug-likeness (QED) is 0.611. The molecule has 0 radical (unpaired) electrons. The summed E-state index contributed by atoms with van der Waals surface area (Å²) >= 11 is 0. The van der Waals surface area contributed by atoms with Crippen LogP contribution in [0.1, 0.15) is 31.9 Å². The summed E-state index contributed by atoms with van der Waals surface area (Å²) in [5, 5.41) is 4.71. The number of benzene rings is 3. The van der Waals surface area contributed by atoms with Gasteiger partial charge in [0.2, 0.25) is 15.9 Å². The Morgan fingerprint density at radius 3 is 2.14 bits per heavy atom. The summed E-state index contributed by atoms with van der Waals surface area (Å²) in [6.45, 7) is 5.60. The largest absolute Gasteiger partial charge is 0.324 e. The topological polar surface area (TPSA) is 75.3 Å². The van der Waals surface area contributed by atoms with Crippen LogP contribution in [0.25, 0.3) is 10.8 Å². The molecular formula is C23H26N2O3S. The van der Waals surface area contributed by atoms with Crippen molar-refractivity contribution in [1.82, 2.24) is 4.72 Å². The number of nitrogens with one attached hydrogen (secondary N) is 2. The van der Waals surface area contributed by atoms with Gasteiger partial charge in [-0.25, -0.2) is 8.42 Å². The number of aryl methyl sites for hydroxylation is 2. The summed E-state index contributed by atoms with van der Waals surface area (Å²) < 4.78 is 28.1. The van der Waals surface area contributed by atoms with E-state index in [0.29, 0.717) is 0 Å². The Balaban J connectivity index is 1.80. The average molecular weight is 411 g/mol. The molecule has 1 amide bonds. The maximum absolute atomic E-state index is 12.8. The fraction of sp³-hybridized carbons (Fsp3) is 0.261. The molecule has 0 bridgehead atoms. The highest BCUT2D eigenvalue weighted by atomic mass is 32.2. The second-order valence-corrected chi connectivity index (χ2v) is 8.71. The summed E-state index contributed by atoms with van der Waals surface area (Å²) in [6.07, 6.45) is 1.56. The van der Waals surface area contributed by atoms with Crippen molar-refractivity contribution in [3.8, 4) is 0 Å². The van der Waals surface area contributed by atoms with Gasteiger partial charge in [0.05, 0.1) is 10.9 Å². The van der Waals surface area contributed by atoms with E-state index in [4.69, 9.17) is 0 Å². The lowest BCUT2D eigenvalue weighted by molar-refractivity contribution is -0.117. The molecule has 0 aromatic heterocycles. The summed E-state index contributed by atoms with van der Waals surface area (Å²) in [4.78, 5) is 12.9. The van der Waals surface area contributed by atoms with Crippen molar-refractivity contribution < 1.29 is 13.2 Å². The van der Waals surface area contributed by atoms with Gasteiger partial charge in [-0.05, 0) is 53.8 Å². The van der Waals surface area contributed by atoms with E-state index < -0.39 is 16.1 Å². The number of carbonyl (C=O) groups excluding carboxylic acids is 1. The molecule has 1 atom stereocenters. The zero-order valence-electron chi connectivity index (χ0n) is 16.9. The van der Waals surface area contributed by atoms with E-state index in [1.54, 1.807) is 25.1 Å². The minimum absolute atomic E-state index is 0.138. The van der Waals surface area contributed by atoms with Crippen LogP contribution in [0.5, 0.6) is 0 Å². The lowest BCUT2D eigenvalue weighted by Crippen LogP contribution is -2.41. The third kappa shape index (κ3) is 4.66. The van der Waals surface area contributed by atoms with E-state index in [9.17, 15) is 13.2 Å². The van der Waals surface area contributed by atoms with Gasteiger partial charge in [-0.3, -0.25) is 4.79 Å². The Hall–Kier alpha value is -2.70. The highest BCUT2D eigenvalue weighted by Crippen LogP contribution is 2.23. The first-order chi connectivity index (χ1) is 13.9. The monoisotopic (exact) mass is 410 g/mol. The van der Waals surface area contributed by atoms with Crippen LogP contribution in [0.15, 0.2) is 65.6 Å². The third-order valence-corrected chi connectivity index (χ3v) is 6.54. The molecule has 0 heterocycles. The Kier molecular flexibility index (Phi) is 6.35. The van der Waals surface area contributed by atoms with E-state index in [2.05, 4.69) is 10.0 Å². The van der Waals surface area contributed by atoms with Gasteiger partial charge >= 0.3 is 0 Å². The fourth-order valence-electron chi connectivity index (χ4n) is 3.32. The van der Waals surface area contributed by atoms with E-state index in [1.807, 2.05) is 56.3 Å². The molecule has 0 aliphatic carbocycles. The Bertz CT molecular complexity index is 1120. The van der Waals surface area contributed by atoms with Gasteiger partial charge in [0.1, 0.15) is 0 Å². The lowest BCUT2D eigenvalue weighted by atomic mass is 10.0. The minimum atomic E-state index is -3.83. The van der Waals surface area contributed by atoms with Gasteiger partial charge in [-0.1, -0.05) is 62.4 Å². The van der Waals surface area contributed by atoms with Gasteiger partial charge in [-0.15, -0.1) is 0 Å². The normalized spacial score (nSPS) is 12.7. The van der Waals surface area contributed by atoms with Crippen LogP contribution in [0.4, 0.5) is 5.69 Å². The van der Waals surface area contributed by atoms with Gasteiger partial charge in [-0.2, -0.15) is 4.72 Å². The number of rotatable bonds is 7. The minimum Gasteiger partial charge on any atom is -0.324 e. The highest BCUT2D eigenvalue weighted by molar-refractivity contribution is 7.89. The number of sulfonamides is 1. The molecule has 0 saturated carbocycles. The molecule has 3 rings (SSSR count). The van der Waals surface area contributed by atoms with Crippen molar-refractivity contribution in [3.05, 3.63) is 71.8 Å².